The summed E-state index contributed by atoms with van der Waals surface area (Å²) in [5.74, 6) is -1.53. The second-order valence-electron chi connectivity index (χ2n) is 4.89. The molecular formula is C17H15ClN2O4. The molecule has 2 N–H and O–H groups in total. The number of amides is 2. The fraction of sp³-hybridized carbons (Fsp3) is 0.118. The van der Waals surface area contributed by atoms with Crippen molar-refractivity contribution in [3.05, 3.63) is 53.1 Å². The highest BCUT2D eigenvalue weighted by atomic mass is 35.5. The van der Waals surface area contributed by atoms with Gasteiger partial charge in [0.25, 0.3) is 0 Å². The van der Waals surface area contributed by atoms with Crippen LogP contribution in [0.25, 0.3) is 0 Å². The Bertz CT molecular complexity index is 805. The largest absolute Gasteiger partial charge is 0.495 e. The van der Waals surface area contributed by atoms with Gasteiger partial charge in [0, 0.05) is 16.3 Å². The average Bonchev–Trinajstić information content (AvgIpc) is 2.55. The number of methoxy groups -OCH3 is 1. The Morgan fingerprint density at radius 3 is 2.38 bits per heavy atom. The van der Waals surface area contributed by atoms with Crippen LogP contribution in [0.3, 0.4) is 0 Å². The standard InChI is InChI=1S/C17H15ClN2O4/c1-10(21)11-4-3-5-13(8-11)19-16(22)17(23)20-14-9-12(18)6-7-15(14)24-2/h3-9H,1-2H3,(H,19,22)(H,20,23). The fourth-order valence-electron chi connectivity index (χ4n) is 1.96. The number of nitrogens with one attached hydrogen (secondary N) is 2. The van der Waals surface area contributed by atoms with E-state index in [4.69, 9.17) is 16.3 Å². The van der Waals surface area contributed by atoms with Crippen molar-refractivity contribution in [2.24, 2.45) is 0 Å². The van der Waals surface area contributed by atoms with E-state index in [9.17, 15) is 14.4 Å². The molecule has 7 heteroatoms. The van der Waals surface area contributed by atoms with Crippen LogP contribution in [0.2, 0.25) is 5.02 Å². The Morgan fingerprint density at radius 1 is 1.00 bits per heavy atom. The molecule has 0 fully saturated rings. The van der Waals surface area contributed by atoms with E-state index in [1.54, 1.807) is 30.3 Å². The van der Waals surface area contributed by atoms with Crippen molar-refractivity contribution in [2.75, 3.05) is 17.7 Å². The molecule has 2 aromatic carbocycles. The summed E-state index contributed by atoms with van der Waals surface area (Å²) < 4.78 is 5.10. The van der Waals surface area contributed by atoms with E-state index in [0.29, 0.717) is 22.0 Å². The van der Waals surface area contributed by atoms with Crippen molar-refractivity contribution >= 4 is 40.6 Å². The Kier molecular flexibility index (Phi) is 5.55. The van der Waals surface area contributed by atoms with E-state index < -0.39 is 11.8 Å². The van der Waals surface area contributed by atoms with Gasteiger partial charge in [-0.25, -0.2) is 0 Å². The van der Waals surface area contributed by atoms with E-state index in [2.05, 4.69) is 10.6 Å². The third-order valence-corrected chi connectivity index (χ3v) is 3.38. The zero-order valence-corrected chi connectivity index (χ0v) is 13.8. The third-order valence-electron chi connectivity index (χ3n) is 3.14. The topological polar surface area (TPSA) is 84.5 Å². The first-order valence-electron chi connectivity index (χ1n) is 6.97. The number of ether oxygens (including phenoxy) is 1. The van der Waals surface area contributed by atoms with Crippen LogP contribution in [-0.2, 0) is 9.59 Å². The quantitative estimate of drug-likeness (QED) is 0.658. The van der Waals surface area contributed by atoms with Crippen LogP contribution in [0.1, 0.15) is 17.3 Å². The lowest BCUT2D eigenvalue weighted by molar-refractivity contribution is -0.133. The summed E-state index contributed by atoms with van der Waals surface area (Å²) in [6, 6.07) is 11.0. The van der Waals surface area contributed by atoms with Gasteiger partial charge in [-0.1, -0.05) is 23.7 Å². The predicted molar refractivity (Wildman–Crippen MR) is 91.7 cm³/mol. The Labute approximate surface area is 143 Å². The minimum atomic E-state index is -0.885. The number of carbonyl (C=O) groups is 3. The second-order valence-corrected chi connectivity index (χ2v) is 5.33. The molecule has 0 bridgehead atoms. The molecule has 0 unspecified atom stereocenters. The summed E-state index contributed by atoms with van der Waals surface area (Å²) in [5.41, 5.74) is 1.06. The highest BCUT2D eigenvalue weighted by Crippen LogP contribution is 2.27. The molecule has 0 heterocycles. The summed E-state index contributed by atoms with van der Waals surface area (Å²) in [6.07, 6.45) is 0. The summed E-state index contributed by atoms with van der Waals surface area (Å²) in [5, 5.41) is 5.25. The van der Waals surface area contributed by atoms with Gasteiger partial charge >= 0.3 is 11.8 Å². The molecule has 2 rings (SSSR count). The molecule has 0 radical (unpaired) electrons. The first-order chi connectivity index (χ1) is 11.4. The maximum Gasteiger partial charge on any atom is 0.314 e. The maximum atomic E-state index is 12.0. The van der Waals surface area contributed by atoms with Gasteiger partial charge in [-0.15, -0.1) is 0 Å². The summed E-state index contributed by atoms with van der Waals surface area (Å²) in [6.45, 7) is 1.42. The van der Waals surface area contributed by atoms with E-state index in [1.807, 2.05) is 0 Å². The SMILES string of the molecule is COc1ccc(Cl)cc1NC(=O)C(=O)Nc1cccc(C(C)=O)c1. The Balaban J connectivity index is 2.10. The molecule has 0 atom stereocenters. The normalized spacial score (nSPS) is 9.96. The lowest BCUT2D eigenvalue weighted by Gasteiger charge is -2.11. The third kappa shape index (κ3) is 4.33. The number of carbonyl (C=O) groups excluding carboxylic acids is 3. The second kappa shape index (κ2) is 7.61. The smallest absolute Gasteiger partial charge is 0.314 e. The number of Topliss-reactive ketones (excluding diaryl/α,β-unsaturated/α-hetero) is 1. The lowest BCUT2D eigenvalue weighted by Crippen LogP contribution is -2.29. The molecule has 0 aliphatic rings. The molecule has 0 spiro atoms. The number of halogens is 1. The highest BCUT2D eigenvalue weighted by Gasteiger charge is 2.16. The molecule has 0 aliphatic heterocycles. The van der Waals surface area contributed by atoms with Crippen LogP contribution in [0.4, 0.5) is 11.4 Å². The zero-order valence-electron chi connectivity index (χ0n) is 13.1. The summed E-state index contributed by atoms with van der Waals surface area (Å²) in [4.78, 5) is 35.4. The van der Waals surface area contributed by atoms with Crippen molar-refractivity contribution in [2.45, 2.75) is 6.92 Å². The van der Waals surface area contributed by atoms with Crippen LogP contribution in [0, 0.1) is 0 Å². The molecule has 2 amide bonds. The van der Waals surface area contributed by atoms with Crippen LogP contribution < -0.4 is 15.4 Å². The number of anilines is 2. The number of rotatable bonds is 4. The van der Waals surface area contributed by atoms with Gasteiger partial charge in [-0.2, -0.15) is 0 Å². The van der Waals surface area contributed by atoms with E-state index in [-0.39, 0.29) is 11.5 Å². The number of hydrogen-bond donors (Lipinski definition) is 2. The van der Waals surface area contributed by atoms with Crippen molar-refractivity contribution in [3.63, 3.8) is 0 Å². The minimum absolute atomic E-state index is 0.140. The van der Waals surface area contributed by atoms with E-state index in [0.717, 1.165) is 0 Å². The Hall–Kier alpha value is -2.86. The number of benzene rings is 2. The van der Waals surface area contributed by atoms with Gasteiger partial charge in [0.2, 0.25) is 0 Å². The van der Waals surface area contributed by atoms with Crippen molar-refractivity contribution in [1.82, 2.24) is 0 Å². The molecule has 0 saturated carbocycles. The molecule has 124 valence electrons. The molecule has 0 saturated heterocycles. The monoisotopic (exact) mass is 346 g/mol. The van der Waals surface area contributed by atoms with Gasteiger partial charge in [0.15, 0.2) is 5.78 Å². The van der Waals surface area contributed by atoms with E-state index >= 15 is 0 Å². The first-order valence-corrected chi connectivity index (χ1v) is 7.35. The van der Waals surface area contributed by atoms with Crippen LogP contribution >= 0.6 is 11.6 Å². The van der Waals surface area contributed by atoms with Crippen LogP contribution in [0.5, 0.6) is 5.75 Å². The van der Waals surface area contributed by atoms with Gasteiger partial charge < -0.3 is 15.4 Å². The fourth-order valence-corrected chi connectivity index (χ4v) is 2.13. The van der Waals surface area contributed by atoms with Gasteiger partial charge in [0.05, 0.1) is 12.8 Å². The van der Waals surface area contributed by atoms with Gasteiger partial charge in [0.1, 0.15) is 5.75 Å². The maximum absolute atomic E-state index is 12.0. The highest BCUT2D eigenvalue weighted by molar-refractivity contribution is 6.44. The van der Waals surface area contributed by atoms with Crippen molar-refractivity contribution in [1.29, 1.82) is 0 Å². The Morgan fingerprint density at radius 2 is 1.71 bits per heavy atom. The molecule has 0 aromatic heterocycles. The summed E-state index contributed by atoms with van der Waals surface area (Å²) in [7, 11) is 1.44. The predicted octanol–water partition coefficient (Wildman–Crippen LogP) is 3.13. The lowest BCUT2D eigenvalue weighted by atomic mass is 10.1. The molecule has 6 nitrogen and oxygen atoms in total. The van der Waals surface area contributed by atoms with Crippen LogP contribution in [0.15, 0.2) is 42.5 Å². The number of hydrogen-bond acceptors (Lipinski definition) is 4. The van der Waals surface area contributed by atoms with Gasteiger partial charge in [-0.05, 0) is 37.3 Å². The molecule has 0 aliphatic carbocycles. The molecular weight excluding hydrogens is 332 g/mol. The van der Waals surface area contributed by atoms with Crippen molar-refractivity contribution in [3.8, 4) is 5.75 Å². The zero-order chi connectivity index (χ0) is 17.7. The van der Waals surface area contributed by atoms with Gasteiger partial charge in [-0.3, -0.25) is 14.4 Å². The van der Waals surface area contributed by atoms with Crippen molar-refractivity contribution < 1.29 is 19.1 Å². The minimum Gasteiger partial charge on any atom is -0.495 e. The average molecular weight is 347 g/mol. The first kappa shape index (κ1) is 17.5. The van der Waals surface area contributed by atoms with Crippen LogP contribution in [-0.4, -0.2) is 24.7 Å². The summed E-state index contributed by atoms with van der Waals surface area (Å²) >= 11 is 5.87. The molecule has 2 aromatic rings. The van der Waals surface area contributed by atoms with E-state index in [1.165, 1.54) is 26.2 Å². The molecule has 24 heavy (non-hydrogen) atoms. The number of ketones is 1.